The van der Waals surface area contributed by atoms with Crippen LogP contribution < -0.4 is 16.4 Å². The van der Waals surface area contributed by atoms with E-state index < -0.39 is 6.03 Å². The van der Waals surface area contributed by atoms with Crippen molar-refractivity contribution in [3.05, 3.63) is 28.8 Å². The Morgan fingerprint density at radius 2 is 2.11 bits per heavy atom. The predicted octanol–water partition coefficient (Wildman–Crippen LogP) is 2.26. The molecule has 0 aliphatic rings. The van der Waals surface area contributed by atoms with Gasteiger partial charge >= 0.3 is 6.03 Å². The normalized spacial score (nSPS) is 9.94. The Labute approximate surface area is 111 Å². The lowest BCUT2D eigenvalue weighted by atomic mass is 10.2. The summed E-state index contributed by atoms with van der Waals surface area (Å²) in [6, 6.07) is 4.95. The highest BCUT2D eigenvalue weighted by molar-refractivity contribution is 6.33. The Kier molecular flexibility index (Phi) is 4.97. The van der Waals surface area contributed by atoms with Gasteiger partial charge in [-0.1, -0.05) is 24.6 Å². The maximum Gasteiger partial charge on any atom is 0.351 e. The van der Waals surface area contributed by atoms with Crippen molar-refractivity contribution in [3.63, 3.8) is 0 Å². The number of anilines is 1. The van der Waals surface area contributed by atoms with Crippen LogP contribution in [-0.2, 0) is 0 Å². The van der Waals surface area contributed by atoms with Gasteiger partial charge in [0.2, 0.25) is 0 Å². The predicted molar refractivity (Wildman–Crippen MR) is 75.0 cm³/mol. The molecule has 0 atom stereocenters. The Balaban J connectivity index is 3.11. The van der Waals surface area contributed by atoms with Gasteiger partial charge in [-0.25, -0.2) is 4.79 Å². The molecule has 1 aromatic carbocycles. The van der Waals surface area contributed by atoms with Gasteiger partial charge in [0.15, 0.2) is 5.96 Å². The fourth-order valence-electron chi connectivity index (χ4n) is 1.54. The van der Waals surface area contributed by atoms with E-state index in [-0.39, 0.29) is 5.96 Å². The number of hydrogen-bond acceptors (Lipinski definition) is 1. The van der Waals surface area contributed by atoms with Crippen molar-refractivity contribution >= 4 is 29.3 Å². The number of carbonyl (C=O) groups is 1. The van der Waals surface area contributed by atoms with Crippen LogP contribution in [0, 0.1) is 6.92 Å². The first-order valence-electron chi connectivity index (χ1n) is 5.63. The third-order valence-electron chi connectivity index (χ3n) is 2.30. The second kappa shape index (κ2) is 6.26. The lowest BCUT2D eigenvalue weighted by molar-refractivity contribution is 0.254. The summed E-state index contributed by atoms with van der Waals surface area (Å²) < 4.78 is 0. The first-order valence-corrected chi connectivity index (χ1v) is 6.00. The van der Waals surface area contributed by atoms with Crippen molar-refractivity contribution in [3.8, 4) is 0 Å². The maximum absolute atomic E-state index is 11.9. The molecule has 0 aromatic heterocycles. The second-order valence-corrected chi connectivity index (χ2v) is 4.33. The molecule has 0 spiro atoms. The fraction of sp³-hybridized carbons (Fsp3) is 0.333. The van der Waals surface area contributed by atoms with Crippen LogP contribution in [-0.4, -0.2) is 18.5 Å². The quantitative estimate of drug-likeness (QED) is 0.651. The number of nitrogens with two attached hydrogens (primary N) is 2. The van der Waals surface area contributed by atoms with E-state index in [1.165, 1.54) is 4.90 Å². The molecule has 0 bridgehead atoms. The van der Waals surface area contributed by atoms with Crippen molar-refractivity contribution < 1.29 is 4.79 Å². The minimum Gasteiger partial charge on any atom is -0.370 e. The number of guanidine groups is 1. The van der Waals surface area contributed by atoms with E-state index in [1.807, 2.05) is 19.9 Å². The van der Waals surface area contributed by atoms with Gasteiger partial charge in [-0.2, -0.15) is 4.99 Å². The molecule has 0 fully saturated rings. The molecule has 0 heterocycles. The standard InChI is InChI=1S/C12H17ClN4O/c1-3-6-17(12(18)16-11(14)15)10-5-4-8(2)7-9(10)13/h4-5,7H,3,6H2,1-2H3,(H4,14,15,16,18). The van der Waals surface area contributed by atoms with Gasteiger partial charge in [0.05, 0.1) is 10.7 Å². The molecule has 4 N–H and O–H groups in total. The minimum absolute atomic E-state index is 0.260. The molecule has 0 unspecified atom stereocenters. The highest BCUT2D eigenvalue weighted by atomic mass is 35.5. The zero-order valence-corrected chi connectivity index (χ0v) is 11.2. The maximum atomic E-state index is 11.9. The minimum atomic E-state index is -0.511. The van der Waals surface area contributed by atoms with Gasteiger partial charge in [-0.05, 0) is 31.0 Å². The van der Waals surface area contributed by atoms with E-state index in [0.29, 0.717) is 17.3 Å². The molecule has 2 amide bonds. The Morgan fingerprint density at radius 1 is 1.44 bits per heavy atom. The second-order valence-electron chi connectivity index (χ2n) is 3.93. The molecule has 0 aliphatic carbocycles. The first-order chi connectivity index (χ1) is 8.45. The number of nitrogens with zero attached hydrogens (tertiary/aromatic N) is 2. The summed E-state index contributed by atoms with van der Waals surface area (Å²) in [5.74, 6) is -0.260. The average Bonchev–Trinajstić information content (AvgIpc) is 2.25. The Hall–Kier alpha value is -1.75. The zero-order valence-electron chi connectivity index (χ0n) is 10.5. The fourth-order valence-corrected chi connectivity index (χ4v) is 1.88. The molecular weight excluding hydrogens is 252 g/mol. The van der Waals surface area contributed by atoms with Crippen LogP contribution in [0.25, 0.3) is 0 Å². The molecule has 0 saturated carbocycles. The summed E-state index contributed by atoms with van der Waals surface area (Å²) in [6.45, 7) is 4.38. The third-order valence-corrected chi connectivity index (χ3v) is 2.60. The van der Waals surface area contributed by atoms with Crippen LogP contribution in [0.5, 0.6) is 0 Å². The molecule has 1 rings (SSSR count). The number of hydrogen-bond donors (Lipinski definition) is 2. The lowest BCUT2D eigenvalue weighted by Crippen LogP contribution is -2.33. The molecule has 1 aromatic rings. The highest BCUT2D eigenvalue weighted by Crippen LogP contribution is 2.27. The van der Waals surface area contributed by atoms with Crippen LogP contribution in [0.15, 0.2) is 23.2 Å². The summed E-state index contributed by atoms with van der Waals surface area (Å²) >= 11 is 6.14. The summed E-state index contributed by atoms with van der Waals surface area (Å²) in [7, 11) is 0. The van der Waals surface area contributed by atoms with Crippen molar-refractivity contribution in [2.45, 2.75) is 20.3 Å². The molecule has 0 aliphatic heterocycles. The van der Waals surface area contributed by atoms with Gasteiger partial charge in [-0.3, -0.25) is 4.90 Å². The van der Waals surface area contributed by atoms with Crippen LogP contribution in [0.2, 0.25) is 5.02 Å². The summed E-state index contributed by atoms with van der Waals surface area (Å²) in [5.41, 5.74) is 12.1. The van der Waals surface area contributed by atoms with Crippen molar-refractivity contribution in [1.82, 2.24) is 0 Å². The number of urea groups is 1. The van der Waals surface area contributed by atoms with Gasteiger partial charge < -0.3 is 11.5 Å². The molecule has 98 valence electrons. The largest absolute Gasteiger partial charge is 0.370 e. The van der Waals surface area contributed by atoms with E-state index in [9.17, 15) is 4.79 Å². The van der Waals surface area contributed by atoms with Gasteiger partial charge in [0.1, 0.15) is 0 Å². The number of halogens is 1. The Bertz CT molecular complexity index is 469. The van der Waals surface area contributed by atoms with Crippen LogP contribution in [0.1, 0.15) is 18.9 Å². The molecule has 18 heavy (non-hydrogen) atoms. The topological polar surface area (TPSA) is 84.7 Å². The molecule has 5 nitrogen and oxygen atoms in total. The van der Waals surface area contributed by atoms with Crippen molar-refractivity contribution in [2.24, 2.45) is 16.5 Å². The number of carbonyl (C=O) groups excluding carboxylic acids is 1. The summed E-state index contributed by atoms with van der Waals surface area (Å²) in [4.78, 5) is 16.9. The van der Waals surface area contributed by atoms with E-state index in [1.54, 1.807) is 12.1 Å². The van der Waals surface area contributed by atoms with Crippen LogP contribution in [0.3, 0.4) is 0 Å². The van der Waals surface area contributed by atoms with E-state index in [0.717, 1.165) is 12.0 Å². The van der Waals surface area contributed by atoms with E-state index >= 15 is 0 Å². The number of rotatable bonds is 3. The number of aryl methyl sites for hydroxylation is 1. The monoisotopic (exact) mass is 268 g/mol. The number of aliphatic imine (C=N–C) groups is 1. The number of benzene rings is 1. The van der Waals surface area contributed by atoms with Gasteiger partial charge in [-0.15, -0.1) is 0 Å². The third kappa shape index (κ3) is 3.63. The van der Waals surface area contributed by atoms with Crippen molar-refractivity contribution in [2.75, 3.05) is 11.4 Å². The highest BCUT2D eigenvalue weighted by Gasteiger charge is 2.17. The first kappa shape index (κ1) is 14.3. The molecule has 6 heteroatoms. The molecule has 0 radical (unpaired) electrons. The lowest BCUT2D eigenvalue weighted by Gasteiger charge is -2.21. The molecule has 0 saturated heterocycles. The average molecular weight is 269 g/mol. The zero-order chi connectivity index (χ0) is 13.7. The smallest absolute Gasteiger partial charge is 0.351 e. The molecular formula is C12H17ClN4O. The Morgan fingerprint density at radius 3 is 2.61 bits per heavy atom. The van der Waals surface area contributed by atoms with Gasteiger partial charge in [0.25, 0.3) is 0 Å². The summed E-state index contributed by atoms with van der Waals surface area (Å²) in [5, 5.41) is 0.502. The van der Waals surface area contributed by atoms with Crippen LogP contribution >= 0.6 is 11.6 Å². The van der Waals surface area contributed by atoms with E-state index in [4.69, 9.17) is 23.1 Å². The van der Waals surface area contributed by atoms with Gasteiger partial charge in [0, 0.05) is 6.54 Å². The van der Waals surface area contributed by atoms with Crippen LogP contribution in [0.4, 0.5) is 10.5 Å². The number of amides is 2. The van der Waals surface area contributed by atoms with E-state index in [2.05, 4.69) is 4.99 Å². The SMILES string of the molecule is CCCN(C(=O)N=C(N)N)c1ccc(C)cc1Cl. The van der Waals surface area contributed by atoms with Crippen molar-refractivity contribution in [1.29, 1.82) is 0 Å². The summed E-state index contributed by atoms with van der Waals surface area (Å²) in [6.07, 6.45) is 0.774.